The van der Waals surface area contributed by atoms with E-state index in [1.54, 1.807) is 0 Å². The summed E-state index contributed by atoms with van der Waals surface area (Å²) in [6.45, 7) is 2.64. The van der Waals surface area contributed by atoms with Gasteiger partial charge in [0, 0.05) is 19.0 Å². The highest BCUT2D eigenvalue weighted by atomic mass is 16.5. The molecule has 0 bridgehead atoms. The first kappa shape index (κ1) is 15.8. The van der Waals surface area contributed by atoms with Crippen molar-refractivity contribution in [1.82, 2.24) is 10.6 Å². The predicted molar refractivity (Wildman–Crippen MR) is 94.5 cm³/mol. The molecule has 1 aliphatic heterocycles. The van der Waals surface area contributed by atoms with Gasteiger partial charge in [0.2, 0.25) is 0 Å². The summed E-state index contributed by atoms with van der Waals surface area (Å²) in [6, 6.07) is 16.4. The van der Waals surface area contributed by atoms with Crippen LogP contribution in [-0.2, 0) is 9.53 Å². The Morgan fingerprint density at radius 3 is 2.12 bits per heavy atom. The van der Waals surface area contributed by atoms with E-state index in [2.05, 4.69) is 34.9 Å². The van der Waals surface area contributed by atoms with Crippen molar-refractivity contribution >= 4 is 11.9 Å². The molecule has 1 saturated heterocycles. The van der Waals surface area contributed by atoms with E-state index in [0.29, 0.717) is 13.1 Å². The van der Waals surface area contributed by atoms with Crippen molar-refractivity contribution in [3.05, 3.63) is 59.7 Å². The SMILES string of the molecule is CC(=O)C1(NC(=O)OCC2c3ccccc3-c3ccccc32)CNC1. The molecule has 5 nitrogen and oxygen atoms in total. The number of fused-ring (bicyclic) bond motifs is 3. The Labute approximate surface area is 146 Å². The van der Waals surface area contributed by atoms with Crippen molar-refractivity contribution < 1.29 is 14.3 Å². The van der Waals surface area contributed by atoms with Crippen LogP contribution >= 0.6 is 0 Å². The van der Waals surface area contributed by atoms with E-state index < -0.39 is 11.6 Å². The molecule has 2 aromatic rings. The fraction of sp³-hybridized carbons (Fsp3) is 0.300. The Hall–Kier alpha value is -2.66. The van der Waals surface area contributed by atoms with Crippen LogP contribution in [0.3, 0.4) is 0 Å². The zero-order valence-electron chi connectivity index (χ0n) is 14.0. The Balaban J connectivity index is 1.50. The molecule has 0 spiro atoms. The summed E-state index contributed by atoms with van der Waals surface area (Å²) >= 11 is 0. The number of benzene rings is 2. The van der Waals surface area contributed by atoms with Crippen LogP contribution in [0, 0.1) is 0 Å². The van der Waals surface area contributed by atoms with Gasteiger partial charge in [-0.2, -0.15) is 0 Å². The molecule has 1 aliphatic carbocycles. The van der Waals surface area contributed by atoms with E-state index >= 15 is 0 Å². The highest BCUT2D eigenvalue weighted by Gasteiger charge is 2.43. The molecule has 1 heterocycles. The number of rotatable bonds is 4. The van der Waals surface area contributed by atoms with Gasteiger partial charge >= 0.3 is 6.09 Å². The molecule has 2 aliphatic rings. The third-order valence-corrected chi connectivity index (χ3v) is 5.21. The van der Waals surface area contributed by atoms with E-state index in [0.717, 1.165) is 0 Å². The summed E-state index contributed by atoms with van der Waals surface area (Å²) in [5.74, 6) is -0.0364. The zero-order chi connectivity index (χ0) is 17.4. The smallest absolute Gasteiger partial charge is 0.408 e. The number of carbonyl (C=O) groups is 2. The maximum absolute atomic E-state index is 12.2. The number of ether oxygens (including phenoxy) is 1. The summed E-state index contributed by atoms with van der Waals surface area (Å²) < 4.78 is 5.49. The normalized spacial score (nSPS) is 17.2. The average molecular weight is 336 g/mol. The first-order chi connectivity index (χ1) is 12.1. The quantitative estimate of drug-likeness (QED) is 0.900. The van der Waals surface area contributed by atoms with Crippen molar-refractivity contribution in [2.24, 2.45) is 0 Å². The highest BCUT2D eigenvalue weighted by Crippen LogP contribution is 2.44. The summed E-state index contributed by atoms with van der Waals surface area (Å²) in [6.07, 6.45) is -0.543. The van der Waals surface area contributed by atoms with Gasteiger partial charge in [-0.3, -0.25) is 4.79 Å². The number of alkyl carbamates (subject to hydrolysis) is 1. The molecule has 128 valence electrons. The molecule has 5 heteroatoms. The molecule has 0 saturated carbocycles. The van der Waals surface area contributed by atoms with Crippen LogP contribution in [0.1, 0.15) is 24.0 Å². The summed E-state index contributed by atoms with van der Waals surface area (Å²) in [4.78, 5) is 24.0. The molecule has 4 rings (SSSR count). The number of Topliss-reactive ketones (excluding diaryl/α,β-unsaturated/α-hetero) is 1. The minimum Gasteiger partial charge on any atom is -0.449 e. The van der Waals surface area contributed by atoms with Gasteiger partial charge < -0.3 is 15.4 Å². The van der Waals surface area contributed by atoms with Gasteiger partial charge in [0.15, 0.2) is 5.78 Å². The van der Waals surface area contributed by atoms with Crippen molar-refractivity contribution in [3.8, 4) is 11.1 Å². The number of ketones is 1. The minimum absolute atomic E-state index is 0.0194. The van der Waals surface area contributed by atoms with Crippen LogP contribution in [0.5, 0.6) is 0 Å². The fourth-order valence-corrected chi connectivity index (χ4v) is 3.63. The maximum atomic E-state index is 12.2. The lowest BCUT2D eigenvalue weighted by Gasteiger charge is -2.40. The lowest BCUT2D eigenvalue weighted by atomic mass is 9.88. The lowest BCUT2D eigenvalue weighted by Crippen LogP contribution is -2.72. The van der Waals surface area contributed by atoms with Gasteiger partial charge in [0.05, 0.1) is 0 Å². The van der Waals surface area contributed by atoms with Crippen molar-refractivity contribution in [2.45, 2.75) is 18.4 Å². The van der Waals surface area contributed by atoms with Gasteiger partial charge in [0.1, 0.15) is 12.1 Å². The summed E-state index contributed by atoms with van der Waals surface area (Å²) in [5.41, 5.74) is 3.90. The van der Waals surface area contributed by atoms with Crippen LogP contribution in [0.15, 0.2) is 48.5 Å². The molecule has 2 aromatic carbocycles. The van der Waals surface area contributed by atoms with Gasteiger partial charge in [-0.15, -0.1) is 0 Å². The van der Waals surface area contributed by atoms with Gasteiger partial charge in [-0.25, -0.2) is 4.79 Å². The number of hydrogen-bond acceptors (Lipinski definition) is 4. The monoisotopic (exact) mass is 336 g/mol. The summed E-state index contributed by atoms with van der Waals surface area (Å²) in [5, 5.41) is 5.75. The van der Waals surface area contributed by atoms with Crippen LogP contribution in [-0.4, -0.2) is 37.1 Å². The largest absolute Gasteiger partial charge is 0.449 e. The maximum Gasteiger partial charge on any atom is 0.408 e. The first-order valence-electron chi connectivity index (χ1n) is 8.46. The third kappa shape index (κ3) is 2.61. The minimum atomic E-state index is -0.817. The standard InChI is InChI=1S/C20H20N2O3/c1-13(23)20(11-21-12-20)22-19(24)25-10-18-16-8-4-2-6-14(16)15-7-3-5-9-17(15)18/h2-9,18,21H,10-12H2,1H3,(H,22,24). The third-order valence-electron chi connectivity index (χ3n) is 5.21. The second-order valence-electron chi connectivity index (χ2n) is 6.69. The molecule has 0 radical (unpaired) electrons. The van der Waals surface area contributed by atoms with Crippen LogP contribution in [0.4, 0.5) is 4.79 Å². The Kier molecular flexibility index (Phi) is 3.81. The summed E-state index contributed by atoms with van der Waals surface area (Å²) in [7, 11) is 0. The fourth-order valence-electron chi connectivity index (χ4n) is 3.63. The predicted octanol–water partition coefficient (Wildman–Crippen LogP) is 2.46. The second kappa shape index (κ2) is 6.01. The second-order valence-corrected chi connectivity index (χ2v) is 6.69. The van der Waals surface area contributed by atoms with E-state index in [9.17, 15) is 9.59 Å². The molecule has 0 atom stereocenters. The zero-order valence-corrected chi connectivity index (χ0v) is 14.0. The van der Waals surface area contributed by atoms with Crippen molar-refractivity contribution in [1.29, 1.82) is 0 Å². The number of carbonyl (C=O) groups excluding carboxylic acids is 2. The average Bonchev–Trinajstić information content (AvgIpc) is 2.90. The molecule has 0 unspecified atom stereocenters. The number of hydrogen-bond donors (Lipinski definition) is 2. The highest BCUT2D eigenvalue weighted by molar-refractivity contribution is 5.91. The van der Waals surface area contributed by atoms with Gasteiger partial charge in [0.25, 0.3) is 0 Å². The van der Waals surface area contributed by atoms with E-state index in [4.69, 9.17) is 4.74 Å². The Morgan fingerprint density at radius 2 is 1.64 bits per heavy atom. The van der Waals surface area contributed by atoms with E-state index in [-0.39, 0.29) is 18.3 Å². The molecule has 1 amide bonds. The molecule has 1 fully saturated rings. The topological polar surface area (TPSA) is 67.4 Å². The van der Waals surface area contributed by atoms with Crippen LogP contribution in [0.25, 0.3) is 11.1 Å². The van der Waals surface area contributed by atoms with Crippen molar-refractivity contribution in [3.63, 3.8) is 0 Å². The lowest BCUT2D eigenvalue weighted by molar-refractivity contribution is -0.125. The number of amides is 1. The Morgan fingerprint density at radius 1 is 1.08 bits per heavy atom. The van der Waals surface area contributed by atoms with Crippen molar-refractivity contribution in [2.75, 3.05) is 19.7 Å². The van der Waals surface area contributed by atoms with Crippen LogP contribution < -0.4 is 10.6 Å². The molecule has 25 heavy (non-hydrogen) atoms. The molecule has 0 aromatic heterocycles. The first-order valence-corrected chi connectivity index (χ1v) is 8.46. The number of nitrogens with one attached hydrogen (secondary N) is 2. The molecule has 2 N–H and O–H groups in total. The molecular weight excluding hydrogens is 316 g/mol. The van der Waals surface area contributed by atoms with E-state index in [1.807, 2.05) is 24.3 Å². The van der Waals surface area contributed by atoms with E-state index in [1.165, 1.54) is 29.2 Å². The Bertz CT molecular complexity index is 797. The van der Waals surface area contributed by atoms with Crippen LogP contribution in [0.2, 0.25) is 0 Å². The van der Waals surface area contributed by atoms with Gasteiger partial charge in [-0.1, -0.05) is 48.5 Å². The van der Waals surface area contributed by atoms with Gasteiger partial charge in [-0.05, 0) is 29.2 Å². The molecular formula is C20H20N2O3.